The van der Waals surface area contributed by atoms with Gasteiger partial charge in [0.05, 0.1) is 32.4 Å². The molecule has 0 fully saturated rings. The zero-order valence-corrected chi connectivity index (χ0v) is 14.7. The van der Waals surface area contributed by atoms with Gasteiger partial charge in [-0.2, -0.15) is 0 Å². The molecule has 0 unspecified atom stereocenters. The number of nitrogens with one attached hydrogen (secondary N) is 2. The number of allylic oxidation sites excluding steroid dienone is 1. The highest BCUT2D eigenvalue weighted by molar-refractivity contribution is 5.95. The number of benzene rings is 1. The molecule has 0 aliphatic carbocycles. The summed E-state index contributed by atoms with van der Waals surface area (Å²) in [5.41, 5.74) is 1.43. The molecule has 0 bridgehead atoms. The fraction of sp³-hybridized carbons (Fsp3) is 0.412. The van der Waals surface area contributed by atoms with Crippen molar-refractivity contribution in [2.75, 3.05) is 34.5 Å². The van der Waals surface area contributed by atoms with E-state index in [1.54, 1.807) is 25.1 Å². The van der Waals surface area contributed by atoms with Crippen LogP contribution in [0, 0.1) is 0 Å². The predicted octanol–water partition coefficient (Wildman–Crippen LogP) is 1.52. The normalized spacial score (nSPS) is 16.8. The Kier molecular flexibility index (Phi) is 6.24. The van der Waals surface area contributed by atoms with Crippen molar-refractivity contribution < 1.29 is 28.5 Å². The number of hydrogen-bond acceptors (Lipinski definition) is 6. The first-order valence-corrected chi connectivity index (χ1v) is 7.68. The molecule has 1 aliphatic rings. The van der Waals surface area contributed by atoms with Gasteiger partial charge in [0.1, 0.15) is 6.61 Å². The molecule has 2 rings (SSSR count). The number of urea groups is 1. The number of amides is 2. The van der Waals surface area contributed by atoms with Gasteiger partial charge in [0.25, 0.3) is 0 Å². The molecule has 2 N–H and O–H groups in total. The van der Waals surface area contributed by atoms with Crippen molar-refractivity contribution >= 4 is 12.0 Å². The zero-order valence-electron chi connectivity index (χ0n) is 14.7. The molecule has 0 radical (unpaired) electrons. The van der Waals surface area contributed by atoms with E-state index in [9.17, 15) is 9.59 Å². The van der Waals surface area contributed by atoms with E-state index in [4.69, 9.17) is 18.9 Å². The van der Waals surface area contributed by atoms with E-state index in [-0.39, 0.29) is 6.61 Å². The third-order valence-electron chi connectivity index (χ3n) is 3.75. The van der Waals surface area contributed by atoms with Crippen molar-refractivity contribution in [1.82, 2.24) is 10.6 Å². The van der Waals surface area contributed by atoms with Gasteiger partial charge in [0.15, 0.2) is 11.5 Å². The Bertz CT molecular complexity index is 686. The quantitative estimate of drug-likeness (QED) is 0.572. The lowest BCUT2D eigenvalue weighted by Gasteiger charge is -2.28. The highest BCUT2D eigenvalue weighted by atomic mass is 16.6. The van der Waals surface area contributed by atoms with E-state index in [1.807, 2.05) is 0 Å². The Morgan fingerprint density at radius 2 is 1.84 bits per heavy atom. The van der Waals surface area contributed by atoms with Crippen molar-refractivity contribution in [3.8, 4) is 11.5 Å². The minimum atomic E-state index is -0.663. The summed E-state index contributed by atoms with van der Waals surface area (Å²) in [5, 5.41) is 5.33. The topological polar surface area (TPSA) is 95.1 Å². The molecule has 2 amide bonds. The number of hydrogen-bond donors (Lipinski definition) is 2. The Labute approximate surface area is 146 Å². The molecule has 1 heterocycles. The van der Waals surface area contributed by atoms with Gasteiger partial charge in [-0.15, -0.1) is 0 Å². The van der Waals surface area contributed by atoms with Gasteiger partial charge in [0, 0.05) is 12.8 Å². The summed E-state index contributed by atoms with van der Waals surface area (Å²) in [7, 11) is 4.57. The summed E-state index contributed by atoms with van der Waals surface area (Å²) in [5.74, 6) is 0.524. The van der Waals surface area contributed by atoms with E-state index in [0.29, 0.717) is 34.9 Å². The summed E-state index contributed by atoms with van der Waals surface area (Å²) < 4.78 is 20.6. The van der Waals surface area contributed by atoms with E-state index < -0.39 is 18.0 Å². The number of rotatable bonds is 7. The lowest BCUT2D eigenvalue weighted by molar-refractivity contribution is -0.140. The minimum Gasteiger partial charge on any atom is -0.493 e. The molecular formula is C17H22N2O6. The first kappa shape index (κ1) is 18.6. The van der Waals surface area contributed by atoms with Crippen LogP contribution >= 0.6 is 0 Å². The highest BCUT2D eigenvalue weighted by Crippen LogP contribution is 2.34. The van der Waals surface area contributed by atoms with Gasteiger partial charge in [-0.1, -0.05) is 6.07 Å². The van der Waals surface area contributed by atoms with Crippen LogP contribution in [0.5, 0.6) is 11.5 Å². The Hall–Kier alpha value is -2.74. The average molecular weight is 350 g/mol. The third-order valence-corrected chi connectivity index (χ3v) is 3.75. The van der Waals surface area contributed by atoms with Crippen LogP contribution in [0.3, 0.4) is 0 Å². The van der Waals surface area contributed by atoms with Crippen molar-refractivity contribution in [2.24, 2.45) is 0 Å². The number of esters is 1. The first-order chi connectivity index (χ1) is 12.0. The largest absolute Gasteiger partial charge is 0.493 e. The van der Waals surface area contributed by atoms with Crippen LogP contribution in [0.4, 0.5) is 4.79 Å². The summed E-state index contributed by atoms with van der Waals surface area (Å²) in [6, 6.07) is 4.12. The maximum absolute atomic E-state index is 12.5. The van der Waals surface area contributed by atoms with Crippen LogP contribution < -0.4 is 20.1 Å². The van der Waals surface area contributed by atoms with Gasteiger partial charge >= 0.3 is 12.0 Å². The smallest absolute Gasteiger partial charge is 0.338 e. The number of methoxy groups -OCH3 is 3. The minimum absolute atomic E-state index is 0.124. The Balaban J connectivity index is 2.37. The van der Waals surface area contributed by atoms with E-state index >= 15 is 0 Å². The fourth-order valence-corrected chi connectivity index (χ4v) is 2.54. The summed E-state index contributed by atoms with van der Waals surface area (Å²) in [6.07, 6.45) is 0. The summed E-state index contributed by atoms with van der Waals surface area (Å²) in [4.78, 5) is 24.3. The molecule has 0 saturated carbocycles. The summed E-state index contributed by atoms with van der Waals surface area (Å²) >= 11 is 0. The highest BCUT2D eigenvalue weighted by Gasteiger charge is 2.32. The maximum Gasteiger partial charge on any atom is 0.338 e. The molecule has 0 spiro atoms. The second kappa shape index (κ2) is 8.39. The molecule has 1 atom stereocenters. The standard InChI is InChI=1S/C17H22N2O6/c1-10-14(16(20)25-8-7-22-2)15(19-17(21)18-10)11-5-6-12(23-3)13(9-11)24-4/h5-6,9,15H,7-8H2,1-4H3,(H2,18,19,21)/t15-/m0/s1. The van der Waals surface area contributed by atoms with Crippen LogP contribution in [0.15, 0.2) is 29.5 Å². The van der Waals surface area contributed by atoms with Crippen LogP contribution in [0.2, 0.25) is 0 Å². The molecule has 8 heteroatoms. The Morgan fingerprint density at radius 3 is 2.48 bits per heavy atom. The van der Waals surface area contributed by atoms with Crippen molar-refractivity contribution in [1.29, 1.82) is 0 Å². The molecule has 1 aromatic rings. The second-order valence-corrected chi connectivity index (χ2v) is 5.31. The zero-order chi connectivity index (χ0) is 18.4. The molecule has 136 valence electrons. The second-order valence-electron chi connectivity index (χ2n) is 5.31. The molecular weight excluding hydrogens is 328 g/mol. The molecule has 1 aliphatic heterocycles. The number of carbonyl (C=O) groups is 2. The van der Waals surface area contributed by atoms with Crippen molar-refractivity contribution in [3.63, 3.8) is 0 Å². The third kappa shape index (κ3) is 4.21. The summed E-state index contributed by atoms with van der Waals surface area (Å²) in [6.45, 7) is 2.07. The van der Waals surface area contributed by atoms with Crippen LogP contribution in [0.25, 0.3) is 0 Å². The maximum atomic E-state index is 12.5. The number of ether oxygens (including phenoxy) is 4. The van der Waals surface area contributed by atoms with Crippen molar-refractivity contribution in [2.45, 2.75) is 13.0 Å². The van der Waals surface area contributed by atoms with Crippen molar-refractivity contribution in [3.05, 3.63) is 35.0 Å². The van der Waals surface area contributed by atoms with Crippen LogP contribution in [-0.2, 0) is 14.3 Å². The Morgan fingerprint density at radius 1 is 1.12 bits per heavy atom. The molecule has 25 heavy (non-hydrogen) atoms. The average Bonchev–Trinajstić information content (AvgIpc) is 2.60. The molecule has 0 aromatic heterocycles. The van der Waals surface area contributed by atoms with Gasteiger partial charge in [-0.05, 0) is 24.6 Å². The van der Waals surface area contributed by atoms with Gasteiger partial charge < -0.3 is 29.6 Å². The monoisotopic (exact) mass is 350 g/mol. The van der Waals surface area contributed by atoms with Gasteiger partial charge in [-0.25, -0.2) is 9.59 Å². The van der Waals surface area contributed by atoms with Gasteiger partial charge in [-0.3, -0.25) is 0 Å². The first-order valence-electron chi connectivity index (χ1n) is 7.68. The molecule has 0 saturated heterocycles. The van der Waals surface area contributed by atoms with E-state index in [1.165, 1.54) is 21.3 Å². The predicted molar refractivity (Wildman–Crippen MR) is 89.5 cm³/mol. The van der Waals surface area contributed by atoms with E-state index in [2.05, 4.69) is 10.6 Å². The number of carbonyl (C=O) groups excluding carboxylic acids is 2. The molecule has 8 nitrogen and oxygen atoms in total. The SMILES string of the molecule is COCCOC(=O)C1=C(C)NC(=O)N[C@H]1c1ccc(OC)c(OC)c1. The molecule has 1 aromatic carbocycles. The fourth-order valence-electron chi connectivity index (χ4n) is 2.54. The van der Waals surface area contributed by atoms with Crippen LogP contribution in [-0.4, -0.2) is 46.5 Å². The van der Waals surface area contributed by atoms with Gasteiger partial charge in [0.2, 0.25) is 0 Å². The van der Waals surface area contributed by atoms with Crippen LogP contribution in [0.1, 0.15) is 18.5 Å². The van der Waals surface area contributed by atoms with E-state index in [0.717, 1.165) is 0 Å². The lowest BCUT2D eigenvalue weighted by Crippen LogP contribution is -2.45. The lowest BCUT2D eigenvalue weighted by atomic mass is 9.95.